The molecule has 1 aliphatic heterocycles. The van der Waals surface area contributed by atoms with Crippen LogP contribution in [-0.4, -0.2) is 49.3 Å². The zero-order valence-corrected chi connectivity index (χ0v) is 15.7. The maximum absolute atomic E-state index is 13.0. The highest BCUT2D eigenvalue weighted by molar-refractivity contribution is 7.99. The Kier molecular flexibility index (Phi) is 4.83. The molecule has 0 aliphatic carbocycles. The Bertz CT molecular complexity index is 1110. The standard InChI is InChI=1S/C17H15FN4O3S2/c18-11-3-1-10(2-4-11)9-22-15(23)13-12(19-17(22)25)14(27-20-13)16(24)21-5-7-26-8-6-21/h1-4H,5-9H2,(H,19,25). The van der Waals surface area contributed by atoms with Gasteiger partial charge < -0.3 is 9.88 Å². The van der Waals surface area contributed by atoms with Gasteiger partial charge in [-0.1, -0.05) is 12.1 Å². The summed E-state index contributed by atoms with van der Waals surface area (Å²) >= 11 is 2.71. The first-order chi connectivity index (χ1) is 13.0. The van der Waals surface area contributed by atoms with E-state index in [1.165, 1.54) is 24.3 Å². The molecule has 3 aromatic rings. The largest absolute Gasteiger partial charge is 0.336 e. The van der Waals surface area contributed by atoms with Crippen LogP contribution in [0.5, 0.6) is 0 Å². The molecule has 10 heteroatoms. The topological polar surface area (TPSA) is 88.1 Å². The van der Waals surface area contributed by atoms with Crippen molar-refractivity contribution in [3.63, 3.8) is 0 Å². The minimum Gasteiger partial charge on any atom is -0.336 e. The molecule has 0 saturated carbocycles. The average Bonchev–Trinajstić information content (AvgIpc) is 3.10. The van der Waals surface area contributed by atoms with Gasteiger partial charge in [-0.2, -0.15) is 16.1 Å². The number of thioether (sulfide) groups is 1. The van der Waals surface area contributed by atoms with Gasteiger partial charge in [0, 0.05) is 24.6 Å². The van der Waals surface area contributed by atoms with Gasteiger partial charge in [-0.15, -0.1) is 0 Å². The Labute approximate surface area is 161 Å². The van der Waals surface area contributed by atoms with Crippen molar-refractivity contribution in [2.45, 2.75) is 6.54 Å². The summed E-state index contributed by atoms with van der Waals surface area (Å²) in [5.74, 6) is 1.12. The molecule has 0 spiro atoms. The summed E-state index contributed by atoms with van der Waals surface area (Å²) in [5, 5.41) is 0. The highest BCUT2D eigenvalue weighted by Crippen LogP contribution is 2.21. The van der Waals surface area contributed by atoms with E-state index in [1.54, 1.807) is 16.7 Å². The molecule has 1 aromatic carbocycles. The second-order valence-corrected chi connectivity index (χ2v) is 8.09. The van der Waals surface area contributed by atoms with Crippen molar-refractivity contribution in [2.24, 2.45) is 0 Å². The molecular formula is C17H15FN4O3S2. The van der Waals surface area contributed by atoms with Gasteiger partial charge in [-0.25, -0.2) is 9.18 Å². The predicted octanol–water partition coefficient (Wildman–Crippen LogP) is 1.52. The summed E-state index contributed by atoms with van der Waals surface area (Å²) in [6, 6.07) is 5.55. The predicted molar refractivity (Wildman–Crippen MR) is 103 cm³/mol. The average molecular weight is 406 g/mol. The maximum Gasteiger partial charge on any atom is 0.329 e. The van der Waals surface area contributed by atoms with E-state index in [4.69, 9.17) is 0 Å². The third-order valence-corrected chi connectivity index (χ3v) is 6.14. The highest BCUT2D eigenvalue weighted by Gasteiger charge is 2.25. The molecule has 1 aliphatic rings. The minimum atomic E-state index is -0.625. The van der Waals surface area contributed by atoms with E-state index < -0.39 is 17.1 Å². The van der Waals surface area contributed by atoms with Crippen molar-refractivity contribution in [3.8, 4) is 0 Å². The number of H-pyrrole nitrogens is 1. The molecule has 1 fully saturated rings. The van der Waals surface area contributed by atoms with Crippen LogP contribution in [0.15, 0.2) is 33.9 Å². The number of aromatic amines is 1. The molecule has 27 heavy (non-hydrogen) atoms. The summed E-state index contributed by atoms with van der Waals surface area (Å²) in [5.41, 5.74) is -0.325. The zero-order chi connectivity index (χ0) is 19.0. The molecule has 0 atom stereocenters. The van der Waals surface area contributed by atoms with E-state index in [1.807, 2.05) is 0 Å². The van der Waals surface area contributed by atoms with Gasteiger partial charge >= 0.3 is 5.69 Å². The summed E-state index contributed by atoms with van der Waals surface area (Å²) in [6.45, 7) is 1.26. The number of amides is 1. The van der Waals surface area contributed by atoms with Gasteiger partial charge in [-0.3, -0.25) is 14.2 Å². The fourth-order valence-corrected chi connectivity index (χ4v) is 4.62. The molecule has 2 aromatic heterocycles. The van der Waals surface area contributed by atoms with Crippen molar-refractivity contribution < 1.29 is 9.18 Å². The quantitative estimate of drug-likeness (QED) is 0.713. The van der Waals surface area contributed by atoms with Crippen molar-refractivity contribution in [1.29, 1.82) is 0 Å². The first kappa shape index (κ1) is 17.9. The lowest BCUT2D eigenvalue weighted by atomic mass is 10.2. The van der Waals surface area contributed by atoms with Crippen molar-refractivity contribution in [1.82, 2.24) is 18.8 Å². The normalized spacial score (nSPS) is 14.6. The number of nitrogens with zero attached hydrogens (tertiary/aromatic N) is 3. The molecule has 1 N–H and O–H groups in total. The van der Waals surface area contributed by atoms with Gasteiger partial charge in [0.2, 0.25) is 0 Å². The minimum absolute atomic E-state index is 0.00542. The molecule has 4 rings (SSSR count). The van der Waals surface area contributed by atoms with E-state index in [-0.39, 0.29) is 28.4 Å². The molecule has 3 heterocycles. The smallest absolute Gasteiger partial charge is 0.329 e. The summed E-state index contributed by atoms with van der Waals surface area (Å²) in [4.78, 5) is 42.5. The monoisotopic (exact) mass is 406 g/mol. The van der Waals surface area contributed by atoms with Gasteiger partial charge in [0.15, 0.2) is 5.52 Å². The number of hydrogen-bond donors (Lipinski definition) is 1. The first-order valence-electron chi connectivity index (χ1n) is 8.28. The van der Waals surface area contributed by atoms with Crippen LogP contribution in [-0.2, 0) is 6.54 Å². The number of benzene rings is 1. The van der Waals surface area contributed by atoms with Crippen LogP contribution in [0, 0.1) is 5.82 Å². The molecule has 1 saturated heterocycles. The Morgan fingerprint density at radius 3 is 2.59 bits per heavy atom. The number of carbonyl (C=O) groups excluding carboxylic acids is 1. The lowest BCUT2D eigenvalue weighted by Gasteiger charge is -2.25. The molecule has 0 unspecified atom stereocenters. The number of hydrogen-bond acceptors (Lipinski definition) is 6. The van der Waals surface area contributed by atoms with E-state index in [2.05, 4.69) is 9.36 Å². The van der Waals surface area contributed by atoms with Crippen LogP contribution in [0.4, 0.5) is 4.39 Å². The van der Waals surface area contributed by atoms with Crippen LogP contribution < -0.4 is 11.2 Å². The maximum atomic E-state index is 13.0. The highest BCUT2D eigenvalue weighted by atomic mass is 32.2. The van der Waals surface area contributed by atoms with Crippen molar-refractivity contribution >= 4 is 40.2 Å². The molecule has 0 bridgehead atoms. The number of nitrogens with one attached hydrogen (secondary N) is 1. The molecule has 140 valence electrons. The SMILES string of the molecule is O=C(c1snc2c(=O)n(Cc3ccc(F)cc3)c(=O)[nH]c12)N1CCSCC1. The van der Waals surface area contributed by atoms with Gasteiger partial charge in [-0.05, 0) is 29.2 Å². The van der Waals surface area contributed by atoms with Gasteiger partial charge in [0.05, 0.1) is 12.1 Å². The third kappa shape index (κ3) is 3.42. The molecule has 0 radical (unpaired) electrons. The molecule has 7 nitrogen and oxygen atoms in total. The summed E-state index contributed by atoms with van der Waals surface area (Å²) in [7, 11) is 0. The summed E-state index contributed by atoms with van der Waals surface area (Å²) < 4.78 is 18.2. The van der Waals surface area contributed by atoms with Gasteiger partial charge in [0.25, 0.3) is 11.5 Å². The van der Waals surface area contributed by atoms with E-state index in [0.29, 0.717) is 18.7 Å². The third-order valence-electron chi connectivity index (χ3n) is 4.36. The summed E-state index contributed by atoms with van der Waals surface area (Å²) in [6.07, 6.45) is 0. The lowest BCUT2D eigenvalue weighted by molar-refractivity contribution is 0.0778. The van der Waals surface area contributed by atoms with Crippen LogP contribution in [0.3, 0.4) is 0 Å². The lowest BCUT2D eigenvalue weighted by Crippen LogP contribution is -2.38. The van der Waals surface area contributed by atoms with E-state index in [9.17, 15) is 18.8 Å². The van der Waals surface area contributed by atoms with Crippen molar-refractivity contribution in [2.75, 3.05) is 24.6 Å². The van der Waals surface area contributed by atoms with Crippen LogP contribution in [0.25, 0.3) is 11.0 Å². The molecular weight excluding hydrogens is 391 g/mol. The fraction of sp³-hybridized carbons (Fsp3) is 0.294. The number of aromatic nitrogens is 3. The Balaban J connectivity index is 1.73. The second kappa shape index (κ2) is 7.28. The Hall–Kier alpha value is -2.46. The number of carbonyl (C=O) groups is 1. The van der Waals surface area contributed by atoms with Crippen molar-refractivity contribution in [3.05, 3.63) is 61.4 Å². The second-order valence-electron chi connectivity index (χ2n) is 6.09. The Morgan fingerprint density at radius 2 is 1.89 bits per heavy atom. The van der Waals surface area contributed by atoms with Crippen LogP contribution in [0.1, 0.15) is 15.2 Å². The number of rotatable bonds is 3. The number of fused-ring (bicyclic) bond motifs is 1. The number of halogens is 1. The first-order valence-corrected chi connectivity index (χ1v) is 10.2. The van der Waals surface area contributed by atoms with E-state index >= 15 is 0 Å². The zero-order valence-electron chi connectivity index (χ0n) is 14.1. The molecule has 1 amide bonds. The van der Waals surface area contributed by atoms with Crippen LogP contribution in [0.2, 0.25) is 0 Å². The van der Waals surface area contributed by atoms with Gasteiger partial charge in [0.1, 0.15) is 10.7 Å². The van der Waals surface area contributed by atoms with E-state index in [0.717, 1.165) is 27.6 Å². The van der Waals surface area contributed by atoms with Crippen LogP contribution >= 0.6 is 23.3 Å². The Morgan fingerprint density at radius 1 is 1.19 bits per heavy atom. The fourth-order valence-electron chi connectivity index (χ4n) is 2.92.